The maximum absolute atomic E-state index is 13.8. The molecular formula is C15H23FN2O. The largest absolute Gasteiger partial charge is 0.494 e. The van der Waals surface area contributed by atoms with Gasteiger partial charge >= 0.3 is 0 Å². The Kier molecular flexibility index (Phi) is 4.42. The first-order valence-electron chi connectivity index (χ1n) is 6.84. The molecule has 0 radical (unpaired) electrons. The van der Waals surface area contributed by atoms with Gasteiger partial charge in [-0.1, -0.05) is 6.07 Å². The standard InChI is InChI=1S/C15H23FN2O/c1-10-8-18(9-11(2)17-10)12(3)13-5-6-15(19-4)14(16)7-13/h5-7,10-12,17H,8-9H2,1-4H3. The highest BCUT2D eigenvalue weighted by Crippen LogP contribution is 2.26. The topological polar surface area (TPSA) is 24.5 Å². The Morgan fingerprint density at radius 1 is 1.32 bits per heavy atom. The molecule has 0 saturated carbocycles. The molecule has 3 nitrogen and oxygen atoms in total. The number of rotatable bonds is 3. The van der Waals surface area contributed by atoms with E-state index in [2.05, 4.69) is 31.0 Å². The second-order valence-electron chi connectivity index (χ2n) is 5.49. The molecule has 19 heavy (non-hydrogen) atoms. The van der Waals surface area contributed by atoms with E-state index in [-0.39, 0.29) is 11.9 Å². The molecule has 0 spiro atoms. The SMILES string of the molecule is COc1ccc(C(C)N2CC(C)NC(C)C2)cc1F. The second-order valence-corrected chi connectivity index (χ2v) is 5.49. The first-order chi connectivity index (χ1) is 9.01. The zero-order chi connectivity index (χ0) is 14.0. The summed E-state index contributed by atoms with van der Waals surface area (Å²) in [6.45, 7) is 8.47. The van der Waals surface area contributed by atoms with E-state index in [4.69, 9.17) is 4.74 Å². The number of hydrogen-bond donors (Lipinski definition) is 1. The van der Waals surface area contributed by atoms with Gasteiger partial charge in [-0.25, -0.2) is 4.39 Å². The van der Waals surface area contributed by atoms with Gasteiger partial charge in [-0.3, -0.25) is 4.90 Å². The van der Waals surface area contributed by atoms with Gasteiger partial charge in [0.25, 0.3) is 0 Å². The number of halogens is 1. The summed E-state index contributed by atoms with van der Waals surface area (Å²) in [4.78, 5) is 2.40. The van der Waals surface area contributed by atoms with Crippen molar-refractivity contribution in [1.82, 2.24) is 10.2 Å². The number of nitrogens with zero attached hydrogens (tertiary/aromatic N) is 1. The van der Waals surface area contributed by atoms with Crippen LogP contribution in [0.4, 0.5) is 4.39 Å². The summed E-state index contributed by atoms with van der Waals surface area (Å²) in [5.74, 6) is 0.0149. The van der Waals surface area contributed by atoms with Gasteiger partial charge in [0.15, 0.2) is 11.6 Å². The molecule has 1 aromatic rings. The van der Waals surface area contributed by atoms with Crippen LogP contribution in [-0.2, 0) is 0 Å². The van der Waals surface area contributed by atoms with Crippen LogP contribution in [0.25, 0.3) is 0 Å². The molecule has 0 bridgehead atoms. The molecule has 0 aromatic heterocycles. The van der Waals surface area contributed by atoms with Gasteiger partial charge in [-0.15, -0.1) is 0 Å². The molecule has 3 atom stereocenters. The third kappa shape index (κ3) is 3.25. The van der Waals surface area contributed by atoms with Crippen molar-refractivity contribution in [3.05, 3.63) is 29.6 Å². The summed E-state index contributed by atoms with van der Waals surface area (Å²) in [6, 6.07) is 6.39. The Labute approximate surface area is 114 Å². The van der Waals surface area contributed by atoms with Gasteiger partial charge in [0.2, 0.25) is 0 Å². The Bertz CT molecular complexity index is 428. The number of methoxy groups -OCH3 is 1. The maximum Gasteiger partial charge on any atom is 0.165 e. The fourth-order valence-electron chi connectivity index (χ4n) is 2.84. The molecule has 0 aliphatic carbocycles. The van der Waals surface area contributed by atoms with Crippen LogP contribution in [0.3, 0.4) is 0 Å². The molecule has 3 unspecified atom stereocenters. The molecule has 4 heteroatoms. The quantitative estimate of drug-likeness (QED) is 0.910. The summed E-state index contributed by atoms with van der Waals surface area (Å²) in [7, 11) is 1.49. The Morgan fingerprint density at radius 2 is 1.95 bits per heavy atom. The lowest BCUT2D eigenvalue weighted by atomic mass is 10.0. The Morgan fingerprint density at radius 3 is 2.47 bits per heavy atom. The summed E-state index contributed by atoms with van der Waals surface area (Å²) < 4.78 is 18.7. The van der Waals surface area contributed by atoms with Crippen molar-refractivity contribution in [2.75, 3.05) is 20.2 Å². The van der Waals surface area contributed by atoms with E-state index < -0.39 is 0 Å². The van der Waals surface area contributed by atoms with Crippen molar-refractivity contribution >= 4 is 0 Å². The lowest BCUT2D eigenvalue weighted by Gasteiger charge is -2.39. The van der Waals surface area contributed by atoms with E-state index in [1.165, 1.54) is 7.11 Å². The molecule has 1 saturated heterocycles. The minimum absolute atomic E-state index is 0.215. The number of benzene rings is 1. The zero-order valence-corrected chi connectivity index (χ0v) is 12.1. The van der Waals surface area contributed by atoms with Gasteiger partial charge < -0.3 is 10.1 Å². The molecule has 1 aliphatic heterocycles. The monoisotopic (exact) mass is 266 g/mol. The van der Waals surface area contributed by atoms with Crippen molar-refractivity contribution in [1.29, 1.82) is 0 Å². The zero-order valence-electron chi connectivity index (χ0n) is 12.1. The van der Waals surface area contributed by atoms with E-state index in [0.29, 0.717) is 17.8 Å². The van der Waals surface area contributed by atoms with Crippen molar-refractivity contribution in [2.45, 2.75) is 38.9 Å². The van der Waals surface area contributed by atoms with Gasteiger partial charge in [0.1, 0.15) is 0 Å². The summed E-state index contributed by atoms with van der Waals surface area (Å²) >= 11 is 0. The van der Waals surface area contributed by atoms with Crippen molar-refractivity contribution in [3.8, 4) is 5.75 Å². The summed E-state index contributed by atoms with van der Waals surface area (Å²) in [6.07, 6.45) is 0. The average molecular weight is 266 g/mol. The molecule has 1 N–H and O–H groups in total. The molecule has 0 amide bonds. The molecule has 1 aromatic carbocycles. The van der Waals surface area contributed by atoms with E-state index in [1.54, 1.807) is 12.1 Å². The van der Waals surface area contributed by atoms with E-state index in [0.717, 1.165) is 18.7 Å². The number of ether oxygens (including phenoxy) is 1. The third-order valence-electron chi connectivity index (χ3n) is 3.79. The van der Waals surface area contributed by atoms with E-state index >= 15 is 0 Å². The molecule has 2 rings (SSSR count). The lowest BCUT2D eigenvalue weighted by Crippen LogP contribution is -2.54. The molecule has 1 heterocycles. The predicted octanol–water partition coefficient (Wildman–Crippen LogP) is 2.58. The Balaban J connectivity index is 2.14. The van der Waals surface area contributed by atoms with Gasteiger partial charge in [-0.2, -0.15) is 0 Å². The number of nitrogens with one attached hydrogen (secondary N) is 1. The van der Waals surface area contributed by atoms with Gasteiger partial charge in [0.05, 0.1) is 7.11 Å². The number of piperazine rings is 1. The smallest absolute Gasteiger partial charge is 0.165 e. The fourth-order valence-corrected chi connectivity index (χ4v) is 2.84. The number of hydrogen-bond acceptors (Lipinski definition) is 3. The van der Waals surface area contributed by atoms with Crippen LogP contribution in [0.1, 0.15) is 32.4 Å². The Hall–Kier alpha value is -1.13. The minimum atomic E-state index is -0.289. The first kappa shape index (κ1) is 14.3. The van der Waals surface area contributed by atoms with Crippen molar-refractivity contribution < 1.29 is 9.13 Å². The lowest BCUT2D eigenvalue weighted by molar-refractivity contribution is 0.131. The van der Waals surface area contributed by atoms with E-state index in [1.807, 2.05) is 6.07 Å². The predicted molar refractivity (Wildman–Crippen MR) is 75.0 cm³/mol. The highest BCUT2D eigenvalue weighted by Gasteiger charge is 2.25. The third-order valence-corrected chi connectivity index (χ3v) is 3.79. The normalized spacial score (nSPS) is 26.2. The van der Waals surface area contributed by atoms with E-state index in [9.17, 15) is 4.39 Å². The maximum atomic E-state index is 13.8. The van der Waals surface area contributed by atoms with Crippen LogP contribution in [0, 0.1) is 5.82 Å². The molecular weight excluding hydrogens is 243 g/mol. The van der Waals surface area contributed by atoms with Gasteiger partial charge in [0, 0.05) is 31.2 Å². The highest BCUT2D eigenvalue weighted by atomic mass is 19.1. The van der Waals surface area contributed by atoms with Crippen molar-refractivity contribution in [3.63, 3.8) is 0 Å². The highest BCUT2D eigenvalue weighted by molar-refractivity contribution is 5.31. The molecule has 106 valence electrons. The average Bonchev–Trinajstić information content (AvgIpc) is 2.36. The second kappa shape index (κ2) is 5.88. The van der Waals surface area contributed by atoms with Crippen LogP contribution in [0.15, 0.2) is 18.2 Å². The first-order valence-corrected chi connectivity index (χ1v) is 6.84. The van der Waals surface area contributed by atoms with Crippen molar-refractivity contribution in [2.24, 2.45) is 0 Å². The van der Waals surface area contributed by atoms with Crippen LogP contribution < -0.4 is 10.1 Å². The summed E-state index contributed by atoms with van der Waals surface area (Å²) in [5.41, 5.74) is 1.000. The van der Waals surface area contributed by atoms with Gasteiger partial charge in [-0.05, 0) is 38.5 Å². The summed E-state index contributed by atoms with van der Waals surface area (Å²) in [5, 5.41) is 3.51. The fraction of sp³-hybridized carbons (Fsp3) is 0.600. The minimum Gasteiger partial charge on any atom is -0.494 e. The van der Waals surface area contributed by atoms with Crippen LogP contribution in [0.5, 0.6) is 5.75 Å². The van der Waals surface area contributed by atoms with Crippen LogP contribution in [0.2, 0.25) is 0 Å². The van der Waals surface area contributed by atoms with Crippen LogP contribution in [-0.4, -0.2) is 37.2 Å². The van der Waals surface area contributed by atoms with Crippen LogP contribution >= 0.6 is 0 Å². The molecule has 1 fully saturated rings. The molecule has 1 aliphatic rings.